The number of aliphatic hydroxyl groups excluding tert-OH is 2. The molecular weight excluding hydrogens is 226 g/mol. The van der Waals surface area contributed by atoms with Gasteiger partial charge in [0.2, 0.25) is 0 Å². The van der Waals surface area contributed by atoms with Crippen LogP contribution in [-0.4, -0.2) is 62.0 Å². The van der Waals surface area contributed by atoms with Crippen molar-refractivity contribution in [2.24, 2.45) is 5.92 Å². The molecule has 5 unspecified atom stereocenters. The van der Waals surface area contributed by atoms with E-state index in [1.165, 1.54) is 7.11 Å². The first kappa shape index (κ1) is 14.8. The lowest BCUT2D eigenvalue weighted by molar-refractivity contribution is -0.199. The van der Waals surface area contributed by atoms with Crippen molar-refractivity contribution < 1.29 is 24.5 Å². The molecule has 0 aliphatic carbocycles. The van der Waals surface area contributed by atoms with E-state index in [4.69, 9.17) is 14.3 Å². The van der Waals surface area contributed by atoms with Crippen molar-refractivity contribution in [1.29, 1.82) is 0 Å². The predicted molar refractivity (Wildman–Crippen MR) is 61.3 cm³/mol. The average molecular weight is 249 g/mol. The second-order valence-corrected chi connectivity index (χ2v) is 4.26. The number of hydrogen-bond acceptors (Lipinski definition) is 6. The minimum absolute atomic E-state index is 0.102. The first-order valence-corrected chi connectivity index (χ1v) is 5.91. The molecule has 17 heavy (non-hydrogen) atoms. The van der Waals surface area contributed by atoms with E-state index < -0.39 is 6.10 Å². The second kappa shape index (κ2) is 7.25. The molecule has 1 saturated heterocycles. The predicted octanol–water partition coefficient (Wildman–Crippen LogP) is -0.701. The topological polar surface area (TPSA) is 80.2 Å². The van der Waals surface area contributed by atoms with E-state index in [-0.39, 0.29) is 30.8 Å². The molecule has 102 valence electrons. The van der Waals surface area contributed by atoms with Gasteiger partial charge in [-0.05, 0) is 6.42 Å². The molecule has 1 fully saturated rings. The van der Waals surface area contributed by atoms with Gasteiger partial charge in [-0.2, -0.15) is 5.48 Å². The van der Waals surface area contributed by atoms with E-state index in [1.807, 2.05) is 6.92 Å². The Labute approximate surface area is 102 Å². The van der Waals surface area contributed by atoms with Crippen molar-refractivity contribution in [1.82, 2.24) is 5.48 Å². The zero-order chi connectivity index (χ0) is 12.8. The SMILES string of the molecule is CCC1C(CO)OC(COC)C(NOC)C1O. The molecule has 0 bridgehead atoms. The smallest absolute Gasteiger partial charge is 0.101 e. The van der Waals surface area contributed by atoms with Crippen LogP contribution in [0.25, 0.3) is 0 Å². The van der Waals surface area contributed by atoms with Crippen molar-refractivity contribution in [3.63, 3.8) is 0 Å². The van der Waals surface area contributed by atoms with Gasteiger partial charge in [-0.25, -0.2) is 0 Å². The molecule has 1 aliphatic heterocycles. The normalized spacial score (nSPS) is 38.3. The highest BCUT2D eigenvalue weighted by Crippen LogP contribution is 2.28. The molecule has 0 radical (unpaired) electrons. The van der Waals surface area contributed by atoms with Gasteiger partial charge in [-0.15, -0.1) is 0 Å². The van der Waals surface area contributed by atoms with Gasteiger partial charge in [0.25, 0.3) is 0 Å². The number of aliphatic hydroxyl groups is 2. The quantitative estimate of drug-likeness (QED) is 0.540. The van der Waals surface area contributed by atoms with Crippen LogP contribution in [0, 0.1) is 5.92 Å². The summed E-state index contributed by atoms with van der Waals surface area (Å²) in [6, 6.07) is -0.354. The summed E-state index contributed by atoms with van der Waals surface area (Å²) >= 11 is 0. The fourth-order valence-electron chi connectivity index (χ4n) is 2.39. The summed E-state index contributed by atoms with van der Waals surface area (Å²) < 4.78 is 10.8. The summed E-state index contributed by atoms with van der Waals surface area (Å²) in [5.74, 6) is -0.110. The summed E-state index contributed by atoms with van der Waals surface area (Å²) in [4.78, 5) is 4.88. The van der Waals surface area contributed by atoms with Gasteiger partial charge in [0, 0.05) is 13.0 Å². The van der Waals surface area contributed by atoms with E-state index in [2.05, 4.69) is 5.48 Å². The Hall–Kier alpha value is -0.240. The van der Waals surface area contributed by atoms with E-state index >= 15 is 0 Å². The molecule has 0 aromatic rings. The molecule has 1 heterocycles. The molecule has 1 rings (SSSR count). The van der Waals surface area contributed by atoms with Crippen molar-refractivity contribution in [2.45, 2.75) is 37.7 Å². The minimum Gasteiger partial charge on any atom is -0.394 e. The Morgan fingerprint density at radius 3 is 2.47 bits per heavy atom. The van der Waals surface area contributed by atoms with Gasteiger partial charge in [0.05, 0.1) is 38.6 Å². The number of rotatable bonds is 6. The van der Waals surface area contributed by atoms with Gasteiger partial charge in [0.1, 0.15) is 6.10 Å². The van der Waals surface area contributed by atoms with Gasteiger partial charge in [-0.1, -0.05) is 6.92 Å². The fourth-order valence-corrected chi connectivity index (χ4v) is 2.39. The highest BCUT2D eigenvalue weighted by molar-refractivity contribution is 4.94. The lowest BCUT2D eigenvalue weighted by Gasteiger charge is -2.44. The summed E-state index contributed by atoms with van der Waals surface area (Å²) in [6.45, 7) is 2.20. The minimum atomic E-state index is -0.633. The van der Waals surface area contributed by atoms with Crippen LogP contribution in [0.4, 0.5) is 0 Å². The molecule has 6 heteroatoms. The number of methoxy groups -OCH3 is 1. The third-order valence-electron chi connectivity index (χ3n) is 3.27. The Morgan fingerprint density at radius 1 is 1.29 bits per heavy atom. The van der Waals surface area contributed by atoms with Crippen molar-refractivity contribution in [2.75, 3.05) is 27.4 Å². The Morgan fingerprint density at radius 2 is 2.00 bits per heavy atom. The Kier molecular flexibility index (Phi) is 6.32. The van der Waals surface area contributed by atoms with Gasteiger partial charge < -0.3 is 24.5 Å². The van der Waals surface area contributed by atoms with Crippen LogP contribution < -0.4 is 5.48 Å². The Bertz CT molecular complexity index is 214. The maximum absolute atomic E-state index is 10.3. The second-order valence-electron chi connectivity index (χ2n) is 4.26. The van der Waals surface area contributed by atoms with Gasteiger partial charge in [-0.3, -0.25) is 0 Å². The first-order chi connectivity index (χ1) is 8.19. The molecule has 3 N–H and O–H groups in total. The van der Waals surface area contributed by atoms with E-state index in [9.17, 15) is 10.2 Å². The highest BCUT2D eigenvalue weighted by atomic mass is 16.6. The third-order valence-corrected chi connectivity index (χ3v) is 3.27. The molecule has 0 aromatic carbocycles. The molecule has 0 spiro atoms. The molecule has 0 aromatic heterocycles. The lowest BCUT2D eigenvalue weighted by Crippen LogP contribution is -2.61. The largest absolute Gasteiger partial charge is 0.394 e. The molecule has 6 nitrogen and oxygen atoms in total. The number of hydrogen-bond donors (Lipinski definition) is 3. The van der Waals surface area contributed by atoms with E-state index in [1.54, 1.807) is 7.11 Å². The van der Waals surface area contributed by atoms with Crippen LogP contribution >= 0.6 is 0 Å². The molecule has 0 amide bonds. The summed E-state index contributed by atoms with van der Waals surface area (Å²) in [5, 5.41) is 19.6. The molecular formula is C11H23NO5. The standard InChI is InChI=1S/C11H23NO5/c1-4-7-8(5-13)17-9(6-15-2)10(11(7)14)12-16-3/h7-14H,4-6H2,1-3H3. The van der Waals surface area contributed by atoms with Gasteiger partial charge in [0.15, 0.2) is 0 Å². The third kappa shape index (κ3) is 3.37. The fraction of sp³-hybridized carbons (Fsp3) is 1.00. The zero-order valence-corrected chi connectivity index (χ0v) is 10.6. The van der Waals surface area contributed by atoms with Crippen LogP contribution in [0.5, 0.6) is 0 Å². The van der Waals surface area contributed by atoms with Crippen LogP contribution in [-0.2, 0) is 14.3 Å². The monoisotopic (exact) mass is 249 g/mol. The molecule has 0 saturated carbocycles. The summed E-state index contributed by atoms with van der Waals surface area (Å²) in [7, 11) is 3.06. The van der Waals surface area contributed by atoms with Crippen molar-refractivity contribution in [3.05, 3.63) is 0 Å². The lowest BCUT2D eigenvalue weighted by atomic mass is 9.84. The molecule has 1 aliphatic rings. The van der Waals surface area contributed by atoms with E-state index in [0.717, 1.165) is 6.42 Å². The summed E-state index contributed by atoms with van der Waals surface area (Å²) in [5.41, 5.74) is 2.74. The van der Waals surface area contributed by atoms with Crippen molar-refractivity contribution in [3.8, 4) is 0 Å². The van der Waals surface area contributed by atoms with E-state index in [0.29, 0.717) is 6.61 Å². The highest BCUT2D eigenvalue weighted by Gasteiger charge is 2.44. The van der Waals surface area contributed by atoms with Crippen LogP contribution in [0.1, 0.15) is 13.3 Å². The maximum Gasteiger partial charge on any atom is 0.101 e. The first-order valence-electron chi connectivity index (χ1n) is 5.91. The van der Waals surface area contributed by atoms with Crippen molar-refractivity contribution >= 4 is 0 Å². The number of hydroxylamine groups is 1. The average Bonchev–Trinajstić information content (AvgIpc) is 2.33. The zero-order valence-electron chi connectivity index (χ0n) is 10.6. The van der Waals surface area contributed by atoms with Crippen LogP contribution in [0.2, 0.25) is 0 Å². The number of ether oxygens (including phenoxy) is 2. The molecule has 5 atom stereocenters. The Balaban J connectivity index is 2.77. The van der Waals surface area contributed by atoms with Crippen LogP contribution in [0.3, 0.4) is 0 Å². The van der Waals surface area contributed by atoms with Crippen LogP contribution in [0.15, 0.2) is 0 Å². The van der Waals surface area contributed by atoms with Gasteiger partial charge >= 0.3 is 0 Å². The summed E-state index contributed by atoms with van der Waals surface area (Å²) in [6.07, 6.45) is -0.598. The number of nitrogens with one attached hydrogen (secondary N) is 1. The maximum atomic E-state index is 10.3.